The van der Waals surface area contributed by atoms with E-state index in [-0.39, 0.29) is 12.2 Å². The first kappa shape index (κ1) is 17.3. The molecule has 2 rings (SSSR count). The van der Waals surface area contributed by atoms with Gasteiger partial charge in [-0.05, 0) is 30.3 Å². The third kappa shape index (κ3) is 4.73. The molecule has 0 unspecified atom stereocenters. The van der Waals surface area contributed by atoms with E-state index in [9.17, 15) is 22.8 Å². The number of carbonyl (C=O) groups excluding carboxylic acids is 1. The number of hydrogen-bond acceptors (Lipinski definition) is 3. The molecule has 0 radical (unpaired) electrons. The molecule has 2 aromatic carbocycles. The van der Waals surface area contributed by atoms with Gasteiger partial charge in [-0.1, -0.05) is 0 Å². The molecule has 0 heterocycles. The molecule has 0 aliphatic heterocycles. The third-order valence-electron chi connectivity index (χ3n) is 2.93. The van der Waals surface area contributed by atoms with Crippen molar-refractivity contribution in [3.05, 3.63) is 59.4 Å². The highest BCUT2D eigenvalue weighted by Crippen LogP contribution is 2.19. The molecule has 8 heteroatoms. The maximum Gasteiger partial charge on any atom is 0.312 e. The fourth-order valence-electron chi connectivity index (χ4n) is 1.81. The number of halogens is 3. The van der Waals surface area contributed by atoms with Crippen molar-refractivity contribution in [3.8, 4) is 5.75 Å². The van der Waals surface area contributed by atoms with Gasteiger partial charge in [0.15, 0.2) is 11.6 Å². The lowest BCUT2D eigenvalue weighted by Crippen LogP contribution is -2.15. The van der Waals surface area contributed by atoms with E-state index in [0.717, 1.165) is 0 Å². The zero-order chi connectivity index (χ0) is 17.7. The summed E-state index contributed by atoms with van der Waals surface area (Å²) in [6.07, 6.45) is -0.659. The number of carbonyl (C=O) groups is 2. The number of aliphatic carboxylic acids is 1. The smallest absolute Gasteiger partial charge is 0.312 e. The van der Waals surface area contributed by atoms with E-state index in [4.69, 9.17) is 9.84 Å². The first-order chi connectivity index (χ1) is 11.3. The van der Waals surface area contributed by atoms with Crippen molar-refractivity contribution in [1.82, 2.24) is 0 Å². The molecule has 0 aromatic heterocycles. The van der Waals surface area contributed by atoms with Crippen molar-refractivity contribution < 1.29 is 32.6 Å². The second-order valence-electron chi connectivity index (χ2n) is 4.79. The zero-order valence-corrected chi connectivity index (χ0v) is 12.2. The van der Waals surface area contributed by atoms with Gasteiger partial charge in [0.05, 0.1) is 0 Å². The Kier molecular flexibility index (Phi) is 5.41. The molecule has 0 saturated heterocycles. The molecule has 2 aromatic rings. The molecule has 2 N–H and O–H groups in total. The average Bonchev–Trinajstić information content (AvgIpc) is 2.50. The van der Waals surface area contributed by atoms with E-state index < -0.39 is 35.7 Å². The maximum atomic E-state index is 13.5. The molecule has 0 atom stereocenters. The van der Waals surface area contributed by atoms with Gasteiger partial charge in [0.25, 0.3) is 0 Å². The van der Waals surface area contributed by atoms with Gasteiger partial charge in [-0.15, -0.1) is 0 Å². The summed E-state index contributed by atoms with van der Waals surface area (Å²) in [6, 6.07) is 6.97. The summed E-state index contributed by atoms with van der Waals surface area (Å²) in [5.74, 6) is -5.01. The van der Waals surface area contributed by atoms with E-state index in [2.05, 4.69) is 5.32 Å². The van der Waals surface area contributed by atoms with E-state index in [0.29, 0.717) is 23.6 Å². The Morgan fingerprint density at radius 3 is 2.25 bits per heavy atom. The predicted octanol–water partition coefficient (Wildman–Crippen LogP) is 3.10. The Morgan fingerprint density at radius 2 is 1.62 bits per heavy atom. The van der Waals surface area contributed by atoms with Crippen LogP contribution in [0.5, 0.6) is 5.75 Å². The minimum absolute atomic E-state index is 0.146. The second-order valence-corrected chi connectivity index (χ2v) is 4.79. The van der Waals surface area contributed by atoms with Gasteiger partial charge in [-0.3, -0.25) is 9.59 Å². The molecule has 24 heavy (non-hydrogen) atoms. The third-order valence-corrected chi connectivity index (χ3v) is 2.93. The number of rotatable bonds is 6. The molecule has 0 fully saturated rings. The largest absolute Gasteiger partial charge is 0.489 e. The van der Waals surface area contributed by atoms with Crippen LogP contribution in [0.3, 0.4) is 0 Å². The van der Waals surface area contributed by atoms with Gasteiger partial charge in [-0.2, -0.15) is 0 Å². The number of ether oxygens (including phenoxy) is 1. The summed E-state index contributed by atoms with van der Waals surface area (Å²) in [6.45, 7) is -0.312. The molecular weight excluding hydrogens is 327 g/mol. The SMILES string of the molecule is O=C(O)CC(=O)Nc1ccc(OCc2cc(F)c(F)cc2F)cc1. The zero-order valence-electron chi connectivity index (χ0n) is 12.2. The van der Waals surface area contributed by atoms with Gasteiger partial charge < -0.3 is 15.2 Å². The van der Waals surface area contributed by atoms with Gasteiger partial charge in [0.2, 0.25) is 5.91 Å². The number of anilines is 1. The fraction of sp³-hybridized carbons (Fsp3) is 0.125. The lowest BCUT2D eigenvalue weighted by atomic mass is 10.2. The van der Waals surface area contributed by atoms with Gasteiger partial charge in [0.1, 0.15) is 24.6 Å². The van der Waals surface area contributed by atoms with Crippen LogP contribution in [0.25, 0.3) is 0 Å². The van der Waals surface area contributed by atoms with Crippen LogP contribution in [-0.4, -0.2) is 17.0 Å². The van der Waals surface area contributed by atoms with Crippen LogP contribution in [0, 0.1) is 17.5 Å². The summed E-state index contributed by atoms with van der Waals surface area (Å²) >= 11 is 0. The van der Waals surface area contributed by atoms with E-state index in [1.807, 2.05) is 0 Å². The van der Waals surface area contributed by atoms with Crippen LogP contribution >= 0.6 is 0 Å². The highest BCUT2D eigenvalue weighted by Gasteiger charge is 2.11. The van der Waals surface area contributed by atoms with Crippen LogP contribution in [0.2, 0.25) is 0 Å². The summed E-state index contributed by atoms with van der Waals surface area (Å²) in [5.41, 5.74) is 0.209. The maximum absolute atomic E-state index is 13.5. The minimum atomic E-state index is -1.28. The highest BCUT2D eigenvalue weighted by molar-refractivity contribution is 6.01. The first-order valence-electron chi connectivity index (χ1n) is 6.73. The molecule has 1 amide bonds. The minimum Gasteiger partial charge on any atom is -0.489 e. The summed E-state index contributed by atoms with van der Waals surface area (Å²) < 4.78 is 44.6. The normalized spacial score (nSPS) is 10.3. The van der Waals surface area contributed by atoms with E-state index in [1.54, 1.807) is 0 Å². The molecule has 0 spiro atoms. The van der Waals surface area contributed by atoms with Crippen LogP contribution in [0.1, 0.15) is 12.0 Å². The average molecular weight is 339 g/mol. The number of hydrogen-bond donors (Lipinski definition) is 2. The van der Waals surface area contributed by atoms with Crippen molar-refractivity contribution in [3.63, 3.8) is 0 Å². The number of carboxylic acids is 1. The molecule has 0 aliphatic carbocycles. The van der Waals surface area contributed by atoms with E-state index >= 15 is 0 Å². The predicted molar refractivity (Wildman–Crippen MR) is 78.0 cm³/mol. The molecular formula is C16H12F3NO4. The molecule has 0 bridgehead atoms. The van der Waals surface area contributed by atoms with Crippen molar-refractivity contribution in [2.24, 2.45) is 0 Å². The summed E-state index contributed by atoms with van der Waals surface area (Å²) in [7, 11) is 0. The monoisotopic (exact) mass is 339 g/mol. The Balaban J connectivity index is 1.96. The lowest BCUT2D eigenvalue weighted by Gasteiger charge is -2.09. The summed E-state index contributed by atoms with van der Waals surface area (Å²) in [5, 5.41) is 10.9. The van der Waals surface area contributed by atoms with Crippen LogP contribution in [-0.2, 0) is 16.2 Å². The second kappa shape index (κ2) is 7.49. The Morgan fingerprint density at radius 1 is 1.00 bits per heavy atom. The molecule has 0 aliphatic rings. The highest BCUT2D eigenvalue weighted by atomic mass is 19.2. The van der Waals surface area contributed by atoms with Crippen molar-refractivity contribution >= 4 is 17.6 Å². The topological polar surface area (TPSA) is 75.6 Å². The van der Waals surface area contributed by atoms with Crippen molar-refractivity contribution in [2.45, 2.75) is 13.0 Å². The van der Waals surface area contributed by atoms with Crippen LogP contribution < -0.4 is 10.1 Å². The Bertz CT molecular complexity index is 763. The lowest BCUT2D eigenvalue weighted by molar-refractivity contribution is -0.139. The number of carboxylic acid groups (broad SMARTS) is 1. The van der Waals surface area contributed by atoms with Gasteiger partial charge >= 0.3 is 5.97 Å². The standard InChI is InChI=1S/C16H12F3NO4/c17-12-6-14(19)13(18)5-9(12)8-24-11-3-1-10(2-4-11)20-15(21)7-16(22)23/h1-6H,7-8H2,(H,20,21)(H,22,23). The van der Waals surface area contributed by atoms with Crippen molar-refractivity contribution in [1.29, 1.82) is 0 Å². The van der Waals surface area contributed by atoms with Crippen molar-refractivity contribution in [2.75, 3.05) is 5.32 Å². The van der Waals surface area contributed by atoms with Crippen LogP contribution in [0.15, 0.2) is 36.4 Å². The Labute approximate surface area is 134 Å². The van der Waals surface area contributed by atoms with Gasteiger partial charge in [0, 0.05) is 17.3 Å². The molecule has 126 valence electrons. The summed E-state index contributed by atoms with van der Waals surface area (Å²) in [4.78, 5) is 21.7. The van der Waals surface area contributed by atoms with E-state index in [1.165, 1.54) is 24.3 Å². The number of nitrogens with one attached hydrogen (secondary N) is 1. The fourth-order valence-corrected chi connectivity index (χ4v) is 1.81. The quantitative estimate of drug-likeness (QED) is 0.626. The first-order valence-corrected chi connectivity index (χ1v) is 6.73. The number of amides is 1. The van der Waals surface area contributed by atoms with Crippen LogP contribution in [0.4, 0.5) is 18.9 Å². The Hall–Kier alpha value is -3.03. The molecule has 0 saturated carbocycles. The van der Waals surface area contributed by atoms with Gasteiger partial charge in [-0.25, -0.2) is 13.2 Å². The molecule has 5 nitrogen and oxygen atoms in total. The number of benzene rings is 2.